The summed E-state index contributed by atoms with van der Waals surface area (Å²) in [5.74, 6) is 1.29. The predicted molar refractivity (Wildman–Crippen MR) is 123 cm³/mol. The summed E-state index contributed by atoms with van der Waals surface area (Å²) in [4.78, 5) is 44.5. The standard InChI is InChI=1S/C24H20N4O5/c1-2-28-23(30)16-8-6-15(12-18(16)26-24(28)31)22(29)27-21-5-3-4-17(25-21)14-7-9-19-20(13-14)33-11-10-32-19/h3-9,12-13H,2,10-11H2,1H3,(H,26,31)(H,25,27,29). The minimum Gasteiger partial charge on any atom is -0.486 e. The van der Waals surface area contributed by atoms with Crippen molar-refractivity contribution in [2.45, 2.75) is 13.5 Å². The third-order valence-corrected chi connectivity index (χ3v) is 5.39. The van der Waals surface area contributed by atoms with Gasteiger partial charge in [0.2, 0.25) is 0 Å². The number of aromatic nitrogens is 3. The molecule has 0 radical (unpaired) electrons. The Bertz CT molecular complexity index is 1510. The number of fused-ring (bicyclic) bond motifs is 2. The summed E-state index contributed by atoms with van der Waals surface area (Å²) in [6.45, 7) is 2.99. The Hall–Kier alpha value is -4.40. The number of benzene rings is 2. The number of hydrogen-bond donors (Lipinski definition) is 2. The monoisotopic (exact) mass is 444 g/mol. The molecule has 0 spiro atoms. The van der Waals surface area contributed by atoms with Crippen LogP contribution in [0.4, 0.5) is 5.82 Å². The zero-order valence-electron chi connectivity index (χ0n) is 17.8. The molecule has 2 aromatic heterocycles. The molecule has 0 bridgehead atoms. The van der Waals surface area contributed by atoms with E-state index in [1.807, 2.05) is 24.3 Å². The molecule has 4 aromatic rings. The summed E-state index contributed by atoms with van der Waals surface area (Å²) < 4.78 is 12.3. The zero-order valence-corrected chi connectivity index (χ0v) is 17.8. The van der Waals surface area contributed by atoms with Gasteiger partial charge in [-0.2, -0.15) is 0 Å². The minimum absolute atomic E-state index is 0.262. The fraction of sp³-hybridized carbons (Fsp3) is 0.167. The van der Waals surface area contributed by atoms with Gasteiger partial charge in [-0.15, -0.1) is 0 Å². The number of carbonyl (C=O) groups excluding carboxylic acids is 1. The van der Waals surface area contributed by atoms with Gasteiger partial charge in [-0.05, 0) is 55.5 Å². The average Bonchev–Trinajstić information content (AvgIpc) is 2.84. The van der Waals surface area contributed by atoms with E-state index in [-0.39, 0.29) is 6.54 Å². The molecule has 1 aliphatic rings. The highest BCUT2D eigenvalue weighted by Crippen LogP contribution is 2.34. The quantitative estimate of drug-likeness (QED) is 0.500. The van der Waals surface area contributed by atoms with Gasteiger partial charge in [0.05, 0.1) is 16.6 Å². The van der Waals surface area contributed by atoms with E-state index in [1.54, 1.807) is 25.1 Å². The fourth-order valence-electron chi connectivity index (χ4n) is 3.74. The van der Waals surface area contributed by atoms with E-state index in [0.717, 1.165) is 10.1 Å². The molecule has 1 aliphatic heterocycles. The zero-order chi connectivity index (χ0) is 22.9. The number of rotatable bonds is 4. The maximum Gasteiger partial charge on any atom is 0.328 e. The highest BCUT2D eigenvalue weighted by Gasteiger charge is 2.15. The number of ether oxygens (including phenoxy) is 2. The number of anilines is 1. The Morgan fingerprint density at radius 3 is 2.70 bits per heavy atom. The van der Waals surface area contributed by atoms with Crippen LogP contribution in [0.25, 0.3) is 22.2 Å². The van der Waals surface area contributed by atoms with Crippen LogP contribution in [0, 0.1) is 0 Å². The summed E-state index contributed by atoms with van der Waals surface area (Å²) in [6.07, 6.45) is 0. The molecular formula is C24H20N4O5. The van der Waals surface area contributed by atoms with Crippen molar-refractivity contribution in [3.8, 4) is 22.8 Å². The number of H-pyrrole nitrogens is 1. The van der Waals surface area contributed by atoms with Crippen molar-refractivity contribution in [1.82, 2.24) is 14.5 Å². The van der Waals surface area contributed by atoms with Crippen LogP contribution in [0.1, 0.15) is 17.3 Å². The van der Waals surface area contributed by atoms with Crippen LogP contribution in [-0.4, -0.2) is 33.7 Å². The normalized spacial score (nSPS) is 12.5. The van der Waals surface area contributed by atoms with Crippen LogP contribution >= 0.6 is 0 Å². The molecule has 0 atom stereocenters. The van der Waals surface area contributed by atoms with E-state index in [2.05, 4.69) is 15.3 Å². The fourth-order valence-corrected chi connectivity index (χ4v) is 3.74. The van der Waals surface area contributed by atoms with Crippen molar-refractivity contribution in [3.63, 3.8) is 0 Å². The first kappa shape index (κ1) is 20.5. The van der Waals surface area contributed by atoms with E-state index < -0.39 is 17.2 Å². The van der Waals surface area contributed by atoms with Gasteiger partial charge in [0.15, 0.2) is 11.5 Å². The molecule has 0 saturated heterocycles. The molecule has 9 heteroatoms. The van der Waals surface area contributed by atoms with E-state index in [0.29, 0.717) is 52.7 Å². The van der Waals surface area contributed by atoms with Crippen molar-refractivity contribution in [2.75, 3.05) is 18.5 Å². The molecule has 0 saturated carbocycles. The Kier molecular flexibility index (Phi) is 5.14. The van der Waals surface area contributed by atoms with Crippen LogP contribution in [0.5, 0.6) is 11.5 Å². The average molecular weight is 444 g/mol. The van der Waals surface area contributed by atoms with Gasteiger partial charge < -0.3 is 19.8 Å². The van der Waals surface area contributed by atoms with Gasteiger partial charge in [0, 0.05) is 17.7 Å². The molecule has 33 heavy (non-hydrogen) atoms. The van der Waals surface area contributed by atoms with Gasteiger partial charge in [-0.3, -0.25) is 14.2 Å². The third kappa shape index (κ3) is 3.84. The minimum atomic E-state index is -0.513. The molecule has 0 fully saturated rings. The van der Waals surface area contributed by atoms with Crippen LogP contribution in [-0.2, 0) is 6.54 Å². The van der Waals surface area contributed by atoms with Crippen LogP contribution in [0.3, 0.4) is 0 Å². The van der Waals surface area contributed by atoms with Crippen LogP contribution in [0.15, 0.2) is 64.2 Å². The molecule has 3 heterocycles. The van der Waals surface area contributed by atoms with E-state index in [1.165, 1.54) is 12.1 Å². The molecule has 166 valence electrons. The second-order valence-electron chi connectivity index (χ2n) is 7.46. The highest BCUT2D eigenvalue weighted by molar-refractivity contribution is 6.05. The Balaban J connectivity index is 1.42. The largest absolute Gasteiger partial charge is 0.486 e. The number of carbonyl (C=O) groups is 1. The lowest BCUT2D eigenvalue weighted by atomic mass is 10.1. The van der Waals surface area contributed by atoms with Crippen molar-refractivity contribution >= 4 is 22.6 Å². The summed E-state index contributed by atoms with van der Waals surface area (Å²) in [7, 11) is 0. The lowest BCUT2D eigenvalue weighted by Crippen LogP contribution is -2.34. The van der Waals surface area contributed by atoms with E-state index in [4.69, 9.17) is 9.47 Å². The van der Waals surface area contributed by atoms with Crippen LogP contribution < -0.4 is 26.0 Å². The lowest BCUT2D eigenvalue weighted by Gasteiger charge is -2.18. The predicted octanol–water partition coefficient (Wildman–Crippen LogP) is 2.80. The number of aromatic amines is 1. The number of amides is 1. The summed E-state index contributed by atoms with van der Waals surface area (Å²) >= 11 is 0. The summed E-state index contributed by atoms with van der Waals surface area (Å²) in [5, 5.41) is 3.11. The van der Waals surface area contributed by atoms with Crippen molar-refractivity contribution < 1.29 is 14.3 Å². The number of pyridine rings is 1. The van der Waals surface area contributed by atoms with Gasteiger partial charge >= 0.3 is 5.69 Å². The number of hydrogen-bond acceptors (Lipinski definition) is 6. The summed E-state index contributed by atoms with van der Waals surface area (Å²) in [5.41, 5.74) is 1.18. The van der Waals surface area contributed by atoms with Gasteiger partial charge in [0.1, 0.15) is 19.0 Å². The van der Waals surface area contributed by atoms with Crippen molar-refractivity contribution in [3.05, 3.63) is 81.0 Å². The molecule has 9 nitrogen and oxygen atoms in total. The smallest absolute Gasteiger partial charge is 0.328 e. The Morgan fingerprint density at radius 2 is 1.88 bits per heavy atom. The van der Waals surface area contributed by atoms with Gasteiger partial charge in [-0.25, -0.2) is 9.78 Å². The molecule has 1 amide bonds. The second kappa shape index (κ2) is 8.27. The van der Waals surface area contributed by atoms with Crippen molar-refractivity contribution in [2.24, 2.45) is 0 Å². The summed E-state index contributed by atoms with van der Waals surface area (Å²) in [6, 6.07) is 15.4. The van der Waals surface area contributed by atoms with E-state index >= 15 is 0 Å². The Morgan fingerprint density at radius 1 is 1.06 bits per heavy atom. The molecule has 0 unspecified atom stereocenters. The number of nitrogens with zero attached hydrogens (tertiary/aromatic N) is 2. The molecule has 2 N–H and O–H groups in total. The molecule has 2 aromatic carbocycles. The first-order chi connectivity index (χ1) is 16.0. The number of nitrogens with one attached hydrogen (secondary N) is 2. The maximum absolute atomic E-state index is 12.8. The molecule has 5 rings (SSSR count). The highest BCUT2D eigenvalue weighted by atomic mass is 16.6. The Labute approximate surface area is 187 Å². The second-order valence-corrected chi connectivity index (χ2v) is 7.46. The third-order valence-electron chi connectivity index (χ3n) is 5.39. The first-order valence-corrected chi connectivity index (χ1v) is 10.5. The van der Waals surface area contributed by atoms with Crippen molar-refractivity contribution in [1.29, 1.82) is 0 Å². The van der Waals surface area contributed by atoms with E-state index in [9.17, 15) is 14.4 Å². The lowest BCUT2D eigenvalue weighted by molar-refractivity contribution is 0.102. The molecular weight excluding hydrogens is 424 g/mol. The SMILES string of the molecule is CCn1c(=O)[nH]c2cc(C(=O)Nc3cccc(-c4ccc5c(c4)OCCO5)n3)ccc2c1=O. The van der Waals surface area contributed by atoms with Gasteiger partial charge in [0.25, 0.3) is 11.5 Å². The molecule has 0 aliphatic carbocycles. The van der Waals surface area contributed by atoms with Crippen LogP contribution in [0.2, 0.25) is 0 Å². The maximum atomic E-state index is 12.8. The van der Waals surface area contributed by atoms with Gasteiger partial charge in [-0.1, -0.05) is 6.07 Å². The topological polar surface area (TPSA) is 115 Å². The first-order valence-electron chi connectivity index (χ1n) is 10.5.